The molecule has 7 aliphatic rings. The fourth-order valence-electron chi connectivity index (χ4n) is 9.46. The van der Waals surface area contributed by atoms with E-state index in [0.717, 1.165) is 51.5 Å². The maximum Gasteiger partial charge on any atom is 0.225 e. The third-order valence-corrected chi connectivity index (χ3v) is 11.8. The standard InChI is InChI=1S/C29H39NO5/c1-25(2,3)26(4,33)19-15-27-10-11-29(19,34-5)24-28(27)12-13-30(23(32)16-6-7-16)20(27)14-17-8-9-18(31)22(35-24)21(17)28/h8-9,16,19-20,24,31,33H,6-7,10-15H2,1-5H3/t19?,20-,24+,26?,27-,28-,29?/m0/s1. The molecule has 2 spiro atoms. The van der Waals surface area contributed by atoms with Gasteiger partial charge in [0.25, 0.3) is 0 Å². The molecule has 2 N–H and O–H groups in total. The number of rotatable bonds is 3. The molecule has 1 amide bonds. The van der Waals surface area contributed by atoms with Crippen molar-refractivity contribution in [3.8, 4) is 11.5 Å². The summed E-state index contributed by atoms with van der Waals surface area (Å²) in [6.07, 6.45) is 5.89. The summed E-state index contributed by atoms with van der Waals surface area (Å²) in [4.78, 5) is 15.8. The average Bonchev–Trinajstić information content (AvgIpc) is 3.59. The van der Waals surface area contributed by atoms with Gasteiger partial charge in [-0.1, -0.05) is 26.8 Å². The number of ether oxygens (including phenoxy) is 2. The molecule has 190 valence electrons. The fraction of sp³-hybridized carbons (Fsp3) is 0.759. The molecule has 4 saturated carbocycles. The molecule has 0 aromatic heterocycles. The van der Waals surface area contributed by atoms with Gasteiger partial charge in [-0.15, -0.1) is 0 Å². The number of aliphatic hydroxyl groups is 1. The van der Waals surface area contributed by atoms with E-state index in [2.05, 4.69) is 31.7 Å². The molecule has 3 unspecified atom stereocenters. The molecule has 4 bridgehead atoms. The zero-order chi connectivity index (χ0) is 24.8. The zero-order valence-corrected chi connectivity index (χ0v) is 21.7. The Balaban J connectivity index is 1.49. The van der Waals surface area contributed by atoms with Crippen molar-refractivity contribution >= 4 is 5.91 Å². The molecule has 8 rings (SSSR count). The number of carbonyl (C=O) groups is 1. The number of hydrogen-bond acceptors (Lipinski definition) is 5. The number of benzene rings is 1. The molecule has 5 fully saturated rings. The van der Waals surface area contributed by atoms with Crippen LogP contribution in [0.25, 0.3) is 0 Å². The molecule has 1 aromatic carbocycles. The van der Waals surface area contributed by atoms with Crippen molar-refractivity contribution in [1.29, 1.82) is 0 Å². The van der Waals surface area contributed by atoms with Gasteiger partial charge in [-0.25, -0.2) is 0 Å². The Bertz CT molecular complexity index is 1130. The highest BCUT2D eigenvalue weighted by molar-refractivity contribution is 5.82. The van der Waals surface area contributed by atoms with E-state index in [9.17, 15) is 15.0 Å². The van der Waals surface area contributed by atoms with Crippen LogP contribution in [0.1, 0.15) is 77.3 Å². The monoisotopic (exact) mass is 481 g/mol. The summed E-state index contributed by atoms with van der Waals surface area (Å²) in [6, 6.07) is 3.90. The number of phenolic OH excluding ortho intramolecular Hbond substituents is 1. The van der Waals surface area contributed by atoms with E-state index in [1.807, 2.05) is 6.92 Å². The van der Waals surface area contributed by atoms with Crippen LogP contribution >= 0.6 is 0 Å². The van der Waals surface area contributed by atoms with Crippen LogP contribution in [0, 0.1) is 22.7 Å². The second-order valence-corrected chi connectivity index (χ2v) is 13.7. The van der Waals surface area contributed by atoms with Crippen LogP contribution in [0.3, 0.4) is 0 Å². The normalized spacial score (nSPS) is 42.3. The number of aromatic hydroxyl groups is 1. The first-order valence-corrected chi connectivity index (χ1v) is 13.5. The Morgan fingerprint density at radius 1 is 1.17 bits per heavy atom. The highest BCUT2D eigenvalue weighted by Crippen LogP contribution is 2.78. The van der Waals surface area contributed by atoms with Gasteiger partial charge in [-0.3, -0.25) is 4.79 Å². The van der Waals surface area contributed by atoms with E-state index < -0.39 is 11.2 Å². The van der Waals surface area contributed by atoms with Crippen LogP contribution in [0.5, 0.6) is 11.5 Å². The lowest BCUT2D eigenvalue weighted by Crippen LogP contribution is -2.83. The van der Waals surface area contributed by atoms with E-state index in [4.69, 9.17) is 9.47 Å². The van der Waals surface area contributed by atoms with Crippen molar-refractivity contribution in [2.24, 2.45) is 22.7 Å². The molecule has 1 saturated heterocycles. The van der Waals surface area contributed by atoms with E-state index in [0.29, 0.717) is 11.7 Å². The first-order valence-electron chi connectivity index (χ1n) is 13.5. The summed E-state index contributed by atoms with van der Waals surface area (Å²) in [6.45, 7) is 9.01. The number of nitrogens with zero attached hydrogens (tertiary/aromatic N) is 1. The lowest BCUT2D eigenvalue weighted by Gasteiger charge is -2.75. The Morgan fingerprint density at radius 3 is 2.57 bits per heavy atom. The van der Waals surface area contributed by atoms with Crippen LogP contribution in [0.2, 0.25) is 0 Å². The molecule has 0 radical (unpaired) electrons. The minimum absolute atomic E-state index is 0.0897. The Kier molecular flexibility index (Phi) is 4.08. The smallest absolute Gasteiger partial charge is 0.225 e. The van der Waals surface area contributed by atoms with Crippen LogP contribution in [0.4, 0.5) is 0 Å². The Morgan fingerprint density at radius 2 is 1.91 bits per heavy atom. The van der Waals surface area contributed by atoms with Crippen molar-refractivity contribution in [3.05, 3.63) is 23.3 Å². The van der Waals surface area contributed by atoms with Crippen molar-refractivity contribution < 1.29 is 24.5 Å². The van der Waals surface area contributed by atoms with E-state index in [1.54, 1.807) is 13.2 Å². The van der Waals surface area contributed by atoms with Crippen LogP contribution in [0.15, 0.2) is 12.1 Å². The number of carbonyl (C=O) groups excluding carboxylic acids is 1. The van der Waals surface area contributed by atoms with Crippen LogP contribution in [-0.2, 0) is 21.4 Å². The molecule has 5 aliphatic carbocycles. The van der Waals surface area contributed by atoms with E-state index >= 15 is 0 Å². The van der Waals surface area contributed by atoms with Crippen molar-refractivity contribution in [1.82, 2.24) is 4.90 Å². The predicted octanol–water partition coefficient (Wildman–Crippen LogP) is 3.94. The lowest BCUT2D eigenvalue weighted by molar-refractivity contribution is -0.311. The van der Waals surface area contributed by atoms with Crippen molar-refractivity contribution in [2.75, 3.05) is 13.7 Å². The summed E-state index contributed by atoms with van der Waals surface area (Å²) >= 11 is 0. The minimum atomic E-state index is -1.00. The molecular formula is C29H39NO5. The van der Waals surface area contributed by atoms with Gasteiger partial charge in [0.15, 0.2) is 11.5 Å². The Labute approximate surface area is 208 Å². The zero-order valence-electron chi connectivity index (χ0n) is 21.7. The van der Waals surface area contributed by atoms with Gasteiger partial charge in [0.1, 0.15) is 11.7 Å². The summed E-state index contributed by atoms with van der Waals surface area (Å²) in [5, 5.41) is 23.1. The fourth-order valence-corrected chi connectivity index (χ4v) is 9.46. The highest BCUT2D eigenvalue weighted by Gasteiger charge is 2.82. The molecule has 35 heavy (non-hydrogen) atoms. The van der Waals surface area contributed by atoms with E-state index in [1.165, 1.54) is 11.1 Å². The van der Waals surface area contributed by atoms with Gasteiger partial charge in [0, 0.05) is 47.9 Å². The molecule has 6 nitrogen and oxygen atoms in total. The summed E-state index contributed by atoms with van der Waals surface area (Å²) in [5.41, 5.74) is -0.152. The van der Waals surface area contributed by atoms with Crippen LogP contribution in [-0.4, -0.2) is 58.0 Å². The van der Waals surface area contributed by atoms with E-state index in [-0.39, 0.29) is 46.0 Å². The number of hydrogen-bond donors (Lipinski definition) is 2. The van der Waals surface area contributed by atoms with Crippen LogP contribution < -0.4 is 4.74 Å². The van der Waals surface area contributed by atoms with Crippen molar-refractivity contribution in [3.63, 3.8) is 0 Å². The molecule has 6 heteroatoms. The second kappa shape index (κ2) is 6.36. The number of phenols is 1. The molecule has 1 aromatic rings. The van der Waals surface area contributed by atoms with Gasteiger partial charge in [-0.05, 0) is 68.9 Å². The summed E-state index contributed by atoms with van der Waals surface area (Å²) in [5.74, 6) is 1.18. The minimum Gasteiger partial charge on any atom is -0.504 e. The molecule has 2 heterocycles. The maximum atomic E-state index is 13.6. The lowest BCUT2D eigenvalue weighted by atomic mass is 9.33. The number of methoxy groups -OCH3 is 1. The van der Waals surface area contributed by atoms with Gasteiger partial charge in [0.05, 0.1) is 5.60 Å². The number of amides is 1. The Hall–Kier alpha value is -1.79. The van der Waals surface area contributed by atoms with Gasteiger partial charge in [0.2, 0.25) is 5.91 Å². The largest absolute Gasteiger partial charge is 0.504 e. The number of piperidine rings is 1. The SMILES string of the molecule is COC12CC[C@]3(CC1C(C)(O)C(C)(C)C)[C@@H]1Cc4ccc(O)c5c4[C@@]3(CCN1C(=O)C1CC1)[C@H]2O5. The predicted molar refractivity (Wildman–Crippen MR) is 130 cm³/mol. The van der Waals surface area contributed by atoms with Gasteiger partial charge >= 0.3 is 0 Å². The number of fused-ring (bicyclic) bond motifs is 2. The van der Waals surface area contributed by atoms with Gasteiger partial charge < -0.3 is 24.6 Å². The second-order valence-electron chi connectivity index (χ2n) is 13.7. The number of likely N-dealkylation sites (tertiary alicyclic amines) is 1. The maximum absolute atomic E-state index is 13.6. The van der Waals surface area contributed by atoms with Crippen molar-refractivity contribution in [2.45, 2.75) is 101 Å². The molecule has 2 aliphatic heterocycles. The summed E-state index contributed by atoms with van der Waals surface area (Å²) < 4.78 is 13.4. The average molecular weight is 482 g/mol. The molecule has 7 atom stereocenters. The quantitative estimate of drug-likeness (QED) is 0.684. The third-order valence-electron chi connectivity index (χ3n) is 11.8. The molecular weight excluding hydrogens is 442 g/mol. The summed E-state index contributed by atoms with van der Waals surface area (Å²) in [7, 11) is 1.78. The topological polar surface area (TPSA) is 79.2 Å². The highest BCUT2D eigenvalue weighted by atomic mass is 16.6. The third kappa shape index (κ3) is 2.29. The first-order chi connectivity index (χ1) is 16.4. The first kappa shape index (κ1) is 22.4. The van der Waals surface area contributed by atoms with Gasteiger partial charge in [-0.2, -0.15) is 0 Å².